The van der Waals surface area contributed by atoms with Crippen molar-refractivity contribution >= 4 is 21.9 Å². The Balaban J connectivity index is 1.44. The van der Waals surface area contributed by atoms with E-state index >= 15 is 0 Å². The van der Waals surface area contributed by atoms with Crippen LogP contribution in [0.5, 0.6) is 0 Å². The highest BCUT2D eigenvalue weighted by Gasteiger charge is 2.31. The first kappa shape index (κ1) is 23.4. The van der Waals surface area contributed by atoms with Gasteiger partial charge in [-0.1, -0.05) is 30.3 Å². The minimum absolute atomic E-state index is 0.0425. The molecule has 1 amide bonds. The van der Waals surface area contributed by atoms with Gasteiger partial charge in [0.1, 0.15) is 0 Å². The van der Waals surface area contributed by atoms with E-state index in [0.29, 0.717) is 19.5 Å². The lowest BCUT2D eigenvalue weighted by Gasteiger charge is -2.38. The number of piperidine rings is 1. The molecule has 0 aliphatic carbocycles. The summed E-state index contributed by atoms with van der Waals surface area (Å²) in [6.07, 6.45) is 3.60. The van der Waals surface area contributed by atoms with Crippen molar-refractivity contribution < 1.29 is 22.7 Å². The largest absolute Gasteiger partial charge is 0.452 e. The molecule has 2 aromatic rings. The van der Waals surface area contributed by atoms with Crippen molar-refractivity contribution in [3.05, 3.63) is 65.2 Å². The quantitative estimate of drug-likeness (QED) is 0.626. The van der Waals surface area contributed by atoms with Crippen molar-refractivity contribution in [2.75, 3.05) is 13.2 Å². The van der Waals surface area contributed by atoms with E-state index in [0.717, 1.165) is 30.4 Å². The molecular formula is C25H30N2O5S. The Labute approximate surface area is 195 Å². The summed E-state index contributed by atoms with van der Waals surface area (Å²) in [6, 6.07) is 13.9. The summed E-state index contributed by atoms with van der Waals surface area (Å²) in [5.41, 5.74) is 2.26. The minimum atomic E-state index is -3.77. The van der Waals surface area contributed by atoms with Crippen LogP contribution in [0.3, 0.4) is 0 Å². The second-order valence-corrected chi connectivity index (χ2v) is 10.8. The lowest BCUT2D eigenvalue weighted by molar-refractivity contribution is -0.140. The van der Waals surface area contributed by atoms with Crippen molar-refractivity contribution in [3.63, 3.8) is 0 Å². The number of carbonyl (C=O) groups excluding carboxylic acids is 2. The van der Waals surface area contributed by atoms with Gasteiger partial charge in [0.15, 0.2) is 6.61 Å². The highest BCUT2D eigenvalue weighted by molar-refractivity contribution is 7.89. The maximum atomic E-state index is 13.2. The average molecular weight is 471 g/mol. The number of hydrogen-bond acceptors (Lipinski definition) is 5. The van der Waals surface area contributed by atoms with Gasteiger partial charge >= 0.3 is 5.97 Å². The summed E-state index contributed by atoms with van der Waals surface area (Å²) < 4.78 is 33.2. The van der Waals surface area contributed by atoms with E-state index in [4.69, 9.17) is 4.74 Å². The number of sulfonamides is 1. The number of fused-ring (bicyclic) bond motifs is 1. The highest BCUT2D eigenvalue weighted by Crippen LogP contribution is 2.26. The first-order chi connectivity index (χ1) is 15.8. The Morgan fingerprint density at radius 1 is 1.00 bits per heavy atom. The second kappa shape index (κ2) is 9.65. The van der Waals surface area contributed by atoms with Gasteiger partial charge in [-0.25, -0.2) is 13.2 Å². The maximum Gasteiger partial charge on any atom is 0.338 e. The third-order valence-corrected chi connectivity index (χ3v) is 8.45. The topological polar surface area (TPSA) is 84.0 Å². The second-order valence-electron chi connectivity index (χ2n) is 8.89. The van der Waals surface area contributed by atoms with Crippen LogP contribution in [0.4, 0.5) is 0 Å². The van der Waals surface area contributed by atoms with Crippen molar-refractivity contribution in [1.82, 2.24) is 9.21 Å². The number of ether oxygens (including phenoxy) is 1. The molecule has 2 aromatic carbocycles. The molecule has 2 aliphatic rings. The standard InChI is InChI=1S/C25H30N2O5S/c1-18-7-5-8-19(2)27(18)24(28)17-32-25(29)21-11-6-12-23(15-21)33(30,31)26-14-13-20-9-3-4-10-22(20)16-26/h3-4,6,9-12,15,18-19H,5,7-8,13-14,16-17H2,1-2H3/t18-,19+. The number of esters is 1. The molecule has 2 atom stereocenters. The lowest BCUT2D eigenvalue weighted by atomic mass is 9.97. The molecular weight excluding hydrogens is 440 g/mol. The summed E-state index contributed by atoms with van der Waals surface area (Å²) in [6.45, 7) is 4.33. The summed E-state index contributed by atoms with van der Waals surface area (Å²) >= 11 is 0. The molecule has 0 saturated carbocycles. The van der Waals surface area contributed by atoms with Crippen LogP contribution in [0.2, 0.25) is 0 Å². The molecule has 0 radical (unpaired) electrons. The van der Waals surface area contributed by atoms with Gasteiger partial charge in [-0.3, -0.25) is 4.79 Å². The molecule has 1 saturated heterocycles. The Morgan fingerprint density at radius 3 is 2.42 bits per heavy atom. The molecule has 4 rings (SSSR count). The molecule has 2 heterocycles. The van der Waals surface area contributed by atoms with Gasteiger partial charge < -0.3 is 9.64 Å². The van der Waals surface area contributed by atoms with Gasteiger partial charge in [0.25, 0.3) is 5.91 Å². The number of carbonyl (C=O) groups is 2. The van der Waals surface area contributed by atoms with Crippen LogP contribution < -0.4 is 0 Å². The normalized spacial score (nSPS) is 21.3. The molecule has 0 bridgehead atoms. The first-order valence-corrected chi connectivity index (χ1v) is 12.9. The van der Waals surface area contributed by atoms with E-state index in [1.165, 1.54) is 28.6 Å². The van der Waals surface area contributed by atoms with E-state index in [1.54, 1.807) is 4.90 Å². The first-order valence-electron chi connectivity index (χ1n) is 11.4. The highest BCUT2D eigenvalue weighted by atomic mass is 32.2. The van der Waals surface area contributed by atoms with E-state index in [-0.39, 0.29) is 35.1 Å². The van der Waals surface area contributed by atoms with Gasteiger partial charge in [-0.05, 0) is 68.9 Å². The molecule has 33 heavy (non-hydrogen) atoms. The molecule has 0 aromatic heterocycles. The predicted octanol–water partition coefficient (Wildman–Crippen LogP) is 3.38. The van der Waals surface area contributed by atoms with Gasteiger partial charge in [0.2, 0.25) is 10.0 Å². The molecule has 0 unspecified atom stereocenters. The number of rotatable bonds is 5. The van der Waals surface area contributed by atoms with E-state index in [1.807, 2.05) is 38.1 Å². The Bertz CT molecular complexity index is 1140. The van der Waals surface area contributed by atoms with Crippen molar-refractivity contribution in [2.24, 2.45) is 0 Å². The van der Waals surface area contributed by atoms with Crippen LogP contribution in [0.1, 0.15) is 54.6 Å². The third kappa shape index (κ3) is 4.96. The van der Waals surface area contributed by atoms with Crippen LogP contribution in [0.15, 0.2) is 53.4 Å². The minimum Gasteiger partial charge on any atom is -0.452 e. The Hall–Kier alpha value is -2.71. The smallest absolute Gasteiger partial charge is 0.338 e. The van der Waals surface area contributed by atoms with Gasteiger partial charge in [0.05, 0.1) is 10.5 Å². The molecule has 0 N–H and O–H groups in total. The summed E-state index contributed by atoms with van der Waals surface area (Å²) in [5.74, 6) is -0.930. The van der Waals surface area contributed by atoms with Crippen molar-refractivity contribution in [3.8, 4) is 0 Å². The van der Waals surface area contributed by atoms with E-state index < -0.39 is 16.0 Å². The average Bonchev–Trinajstić information content (AvgIpc) is 2.82. The maximum absolute atomic E-state index is 13.2. The zero-order valence-corrected chi connectivity index (χ0v) is 19.9. The molecule has 1 fully saturated rings. The third-order valence-electron chi connectivity index (χ3n) is 6.61. The molecule has 2 aliphatic heterocycles. The molecule has 0 spiro atoms. The van der Waals surface area contributed by atoms with Crippen LogP contribution in [0, 0.1) is 0 Å². The summed E-state index contributed by atoms with van der Waals surface area (Å²) in [7, 11) is -3.77. The summed E-state index contributed by atoms with van der Waals surface area (Å²) in [5, 5.41) is 0. The fourth-order valence-electron chi connectivity index (χ4n) is 4.81. The SMILES string of the molecule is C[C@@H]1CCC[C@H](C)N1C(=O)COC(=O)c1cccc(S(=O)(=O)N2CCc3ccccc3C2)c1. The summed E-state index contributed by atoms with van der Waals surface area (Å²) in [4.78, 5) is 27.1. The van der Waals surface area contributed by atoms with Crippen molar-refractivity contribution in [2.45, 2.75) is 63.1 Å². The van der Waals surface area contributed by atoms with Gasteiger partial charge in [0, 0.05) is 25.2 Å². The van der Waals surface area contributed by atoms with Crippen LogP contribution in [-0.2, 0) is 32.5 Å². The number of benzene rings is 2. The zero-order chi connectivity index (χ0) is 23.6. The number of nitrogens with zero attached hydrogens (tertiary/aromatic N) is 2. The fourth-order valence-corrected chi connectivity index (χ4v) is 6.27. The predicted molar refractivity (Wildman–Crippen MR) is 124 cm³/mol. The van der Waals surface area contributed by atoms with Crippen LogP contribution >= 0.6 is 0 Å². The Morgan fingerprint density at radius 2 is 1.70 bits per heavy atom. The van der Waals surface area contributed by atoms with Gasteiger partial charge in [-0.15, -0.1) is 0 Å². The number of hydrogen-bond donors (Lipinski definition) is 0. The van der Waals surface area contributed by atoms with E-state index in [2.05, 4.69) is 0 Å². The monoisotopic (exact) mass is 470 g/mol. The Kier molecular flexibility index (Phi) is 6.86. The zero-order valence-electron chi connectivity index (χ0n) is 19.1. The van der Waals surface area contributed by atoms with Gasteiger partial charge in [-0.2, -0.15) is 4.31 Å². The molecule has 176 valence electrons. The molecule has 8 heteroatoms. The molecule has 7 nitrogen and oxygen atoms in total. The fraction of sp³-hybridized carbons (Fsp3) is 0.440. The van der Waals surface area contributed by atoms with Crippen molar-refractivity contribution in [1.29, 1.82) is 0 Å². The van der Waals surface area contributed by atoms with Crippen LogP contribution in [-0.4, -0.2) is 54.7 Å². The lowest BCUT2D eigenvalue weighted by Crippen LogP contribution is -2.49. The number of likely N-dealkylation sites (tertiary alicyclic amines) is 1. The van der Waals surface area contributed by atoms with E-state index in [9.17, 15) is 18.0 Å². The number of amides is 1. The van der Waals surface area contributed by atoms with Crippen LogP contribution in [0.25, 0.3) is 0 Å².